The van der Waals surface area contributed by atoms with E-state index in [9.17, 15) is 14.4 Å². The summed E-state index contributed by atoms with van der Waals surface area (Å²) in [6.45, 7) is 2.30. The first-order valence-corrected chi connectivity index (χ1v) is 11.8. The maximum atomic E-state index is 13.4. The zero-order chi connectivity index (χ0) is 22.1. The predicted molar refractivity (Wildman–Crippen MR) is 112 cm³/mol. The zero-order valence-corrected chi connectivity index (χ0v) is 18.3. The lowest BCUT2D eigenvalue weighted by Crippen LogP contribution is -2.60. The van der Waals surface area contributed by atoms with Crippen LogP contribution in [0.15, 0.2) is 22.8 Å². The smallest absolute Gasteiger partial charge is 0.292 e. The second kappa shape index (κ2) is 8.86. The van der Waals surface area contributed by atoms with Gasteiger partial charge in [0, 0.05) is 45.0 Å². The summed E-state index contributed by atoms with van der Waals surface area (Å²) in [4.78, 5) is 42.6. The monoisotopic (exact) mass is 445 g/mol. The summed E-state index contributed by atoms with van der Waals surface area (Å²) in [6.07, 6.45) is 7.39. The van der Waals surface area contributed by atoms with Gasteiger partial charge in [0.2, 0.25) is 11.8 Å². The van der Waals surface area contributed by atoms with Crippen molar-refractivity contribution in [1.82, 2.24) is 15.1 Å². The van der Waals surface area contributed by atoms with E-state index in [1.54, 1.807) is 17.0 Å². The van der Waals surface area contributed by atoms with Crippen molar-refractivity contribution in [2.75, 3.05) is 32.8 Å². The number of rotatable bonds is 5. The summed E-state index contributed by atoms with van der Waals surface area (Å²) in [5.74, 6) is -0.0711. The number of carbonyl (C=O) groups excluding carboxylic acids is 3. The van der Waals surface area contributed by atoms with Crippen LogP contribution in [0.1, 0.15) is 55.5 Å². The van der Waals surface area contributed by atoms with Gasteiger partial charge in [-0.3, -0.25) is 19.3 Å². The Morgan fingerprint density at radius 3 is 2.56 bits per heavy atom. The zero-order valence-electron chi connectivity index (χ0n) is 18.3. The molecule has 0 bridgehead atoms. The molecule has 4 heterocycles. The molecular formula is C23H31N3O6. The van der Waals surface area contributed by atoms with Gasteiger partial charge in [-0.15, -0.1) is 0 Å². The van der Waals surface area contributed by atoms with Crippen molar-refractivity contribution in [2.45, 2.75) is 62.8 Å². The highest BCUT2D eigenvalue weighted by Gasteiger charge is 2.55. The van der Waals surface area contributed by atoms with Crippen molar-refractivity contribution in [2.24, 2.45) is 5.92 Å². The summed E-state index contributed by atoms with van der Waals surface area (Å²) in [5.41, 5.74) is -0.911. The number of nitrogens with zero attached hydrogens (tertiary/aromatic N) is 2. The van der Waals surface area contributed by atoms with Crippen LogP contribution < -0.4 is 5.32 Å². The molecule has 4 aliphatic rings. The molecule has 0 radical (unpaired) electrons. The van der Waals surface area contributed by atoms with Gasteiger partial charge in [-0.25, -0.2) is 0 Å². The van der Waals surface area contributed by atoms with Crippen LogP contribution in [0.25, 0.3) is 0 Å². The van der Waals surface area contributed by atoms with Crippen molar-refractivity contribution >= 4 is 17.7 Å². The van der Waals surface area contributed by atoms with E-state index in [0.29, 0.717) is 32.5 Å². The van der Waals surface area contributed by atoms with Crippen molar-refractivity contribution in [3.05, 3.63) is 24.2 Å². The number of likely N-dealkylation sites (tertiary alicyclic amines) is 1. The van der Waals surface area contributed by atoms with E-state index in [4.69, 9.17) is 13.9 Å². The number of ether oxygens (including phenoxy) is 2. The molecule has 9 nitrogen and oxygen atoms in total. The SMILES string of the molecule is O=C(NCC1CCCO1)C1COC2(CCN(C(=O)C3CCC3)CC2)N1C(=O)c1ccco1. The van der Waals surface area contributed by atoms with Crippen LogP contribution in [0.5, 0.6) is 0 Å². The molecule has 1 saturated carbocycles. The molecule has 1 aromatic heterocycles. The molecule has 3 amide bonds. The molecular weight excluding hydrogens is 414 g/mol. The Balaban J connectivity index is 1.30. The first kappa shape index (κ1) is 21.5. The van der Waals surface area contributed by atoms with Gasteiger partial charge in [-0.2, -0.15) is 0 Å². The van der Waals surface area contributed by atoms with E-state index in [1.165, 1.54) is 6.26 Å². The van der Waals surface area contributed by atoms with Gasteiger partial charge in [-0.05, 0) is 37.8 Å². The Morgan fingerprint density at radius 1 is 1.12 bits per heavy atom. The highest BCUT2D eigenvalue weighted by Crippen LogP contribution is 2.39. The molecule has 5 rings (SSSR count). The van der Waals surface area contributed by atoms with Gasteiger partial charge in [-0.1, -0.05) is 6.42 Å². The molecule has 2 atom stereocenters. The van der Waals surface area contributed by atoms with Gasteiger partial charge in [0.15, 0.2) is 5.76 Å². The number of hydrogen-bond acceptors (Lipinski definition) is 6. The molecule has 4 fully saturated rings. The average molecular weight is 446 g/mol. The Bertz CT molecular complexity index is 838. The summed E-state index contributed by atoms with van der Waals surface area (Å²) < 4.78 is 17.1. The van der Waals surface area contributed by atoms with Crippen LogP contribution in [-0.4, -0.2) is 78.2 Å². The number of furan rings is 1. The predicted octanol–water partition coefficient (Wildman–Crippen LogP) is 1.53. The molecule has 2 unspecified atom stereocenters. The first-order valence-electron chi connectivity index (χ1n) is 11.8. The highest BCUT2D eigenvalue weighted by molar-refractivity contribution is 5.96. The lowest BCUT2D eigenvalue weighted by atomic mass is 9.83. The summed E-state index contributed by atoms with van der Waals surface area (Å²) in [7, 11) is 0. The van der Waals surface area contributed by atoms with Gasteiger partial charge in [0.25, 0.3) is 5.91 Å². The Labute approximate surface area is 187 Å². The molecule has 0 aromatic carbocycles. The standard InChI is InChI=1S/C23H31N3O6/c27-20(24-14-17-6-2-12-30-17)18-15-32-23(26(18)22(29)19-7-3-13-31-19)8-10-25(11-9-23)21(28)16-4-1-5-16/h3,7,13,16-18H,1-2,4-6,8-12,14-15H2,(H,24,27). The van der Waals surface area contributed by atoms with E-state index >= 15 is 0 Å². The Hall–Kier alpha value is -2.39. The minimum atomic E-state index is -0.911. The number of nitrogens with one attached hydrogen (secondary N) is 1. The third kappa shape index (κ3) is 3.92. The van der Waals surface area contributed by atoms with Crippen molar-refractivity contribution in [1.29, 1.82) is 0 Å². The molecule has 1 spiro atoms. The van der Waals surface area contributed by atoms with Gasteiger partial charge < -0.3 is 24.1 Å². The fourth-order valence-corrected chi connectivity index (χ4v) is 5.21. The number of hydrogen-bond donors (Lipinski definition) is 1. The second-order valence-electron chi connectivity index (χ2n) is 9.26. The van der Waals surface area contributed by atoms with Crippen LogP contribution in [0, 0.1) is 5.92 Å². The molecule has 3 aliphatic heterocycles. The van der Waals surface area contributed by atoms with E-state index in [1.807, 2.05) is 4.90 Å². The van der Waals surface area contributed by atoms with Crippen molar-refractivity contribution < 1.29 is 28.3 Å². The maximum absolute atomic E-state index is 13.4. The lowest BCUT2D eigenvalue weighted by molar-refractivity contribution is -0.149. The Morgan fingerprint density at radius 2 is 1.94 bits per heavy atom. The van der Waals surface area contributed by atoms with Crippen molar-refractivity contribution in [3.8, 4) is 0 Å². The summed E-state index contributed by atoms with van der Waals surface area (Å²) in [5, 5.41) is 2.94. The average Bonchev–Trinajstić information content (AvgIpc) is 3.52. The maximum Gasteiger partial charge on any atom is 0.292 e. The van der Waals surface area contributed by atoms with Crippen LogP contribution >= 0.6 is 0 Å². The molecule has 1 aliphatic carbocycles. The van der Waals surface area contributed by atoms with E-state index < -0.39 is 11.8 Å². The first-order chi connectivity index (χ1) is 15.6. The van der Waals surface area contributed by atoms with Gasteiger partial charge in [0.1, 0.15) is 11.8 Å². The van der Waals surface area contributed by atoms with Crippen LogP contribution in [0.3, 0.4) is 0 Å². The minimum absolute atomic E-state index is 0.0187. The van der Waals surface area contributed by atoms with Crippen LogP contribution in [0.2, 0.25) is 0 Å². The highest BCUT2D eigenvalue weighted by atomic mass is 16.5. The summed E-state index contributed by atoms with van der Waals surface area (Å²) in [6, 6.07) is 2.51. The normalized spacial score (nSPS) is 27.5. The fraction of sp³-hybridized carbons (Fsp3) is 0.696. The van der Waals surface area contributed by atoms with Crippen LogP contribution in [-0.2, 0) is 19.1 Å². The third-order valence-corrected chi connectivity index (χ3v) is 7.35. The lowest BCUT2D eigenvalue weighted by Gasteiger charge is -2.45. The van der Waals surface area contributed by atoms with E-state index in [0.717, 1.165) is 38.7 Å². The molecule has 9 heteroatoms. The molecule has 32 heavy (non-hydrogen) atoms. The third-order valence-electron chi connectivity index (χ3n) is 7.35. The topological polar surface area (TPSA) is 101 Å². The fourth-order valence-electron chi connectivity index (χ4n) is 5.21. The molecule has 1 aromatic rings. The van der Waals surface area contributed by atoms with Gasteiger partial charge in [0.05, 0.1) is 19.0 Å². The molecule has 3 saturated heterocycles. The number of piperidine rings is 1. The molecule has 174 valence electrons. The largest absolute Gasteiger partial charge is 0.459 e. The quantitative estimate of drug-likeness (QED) is 0.738. The minimum Gasteiger partial charge on any atom is -0.459 e. The van der Waals surface area contributed by atoms with Crippen LogP contribution in [0.4, 0.5) is 0 Å². The summed E-state index contributed by atoms with van der Waals surface area (Å²) >= 11 is 0. The number of carbonyl (C=O) groups is 3. The number of amides is 3. The molecule has 1 N–H and O–H groups in total. The van der Waals surface area contributed by atoms with E-state index in [2.05, 4.69) is 5.32 Å². The van der Waals surface area contributed by atoms with Gasteiger partial charge >= 0.3 is 0 Å². The van der Waals surface area contributed by atoms with Crippen molar-refractivity contribution in [3.63, 3.8) is 0 Å². The Kier molecular flexibility index (Phi) is 5.94. The van der Waals surface area contributed by atoms with E-state index in [-0.39, 0.29) is 42.1 Å². The second-order valence-corrected chi connectivity index (χ2v) is 9.26.